The molecule has 0 N–H and O–H groups in total. The lowest BCUT2D eigenvalue weighted by molar-refractivity contribution is 0.104. The first-order valence-electron chi connectivity index (χ1n) is 11.3. The molecule has 0 aromatic heterocycles. The van der Waals surface area contributed by atoms with Crippen molar-refractivity contribution < 1.29 is 22.3 Å². The van der Waals surface area contributed by atoms with Crippen LogP contribution in [-0.4, -0.2) is 14.2 Å². The SMILES string of the molecule is Cc1ccc(C(=O)C2=CN(c3ccc(OCc4ccccc4)cc3)c3cc(F)ccc3S2(=O)=O)cc1. The number of ether oxygens (including phenoxy) is 1. The maximum absolute atomic E-state index is 14.2. The molecule has 4 aromatic carbocycles. The fourth-order valence-corrected chi connectivity index (χ4v) is 5.49. The zero-order valence-electron chi connectivity index (χ0n) is 19.4. The van der Waals surface area contributed by atoms with Gasteiger partial charge in [-0.1, -0.05) is 60.2 Å². The van der Waals surface area contributed by atoms with Crippen LogP contribution in [0.5, 0.6) is 5.75 Å². The molecule has 4 aromatic rings. The van der Waals surface area contributed by atoms with Crippen LogP contribution in [0, 0.1) is 12.7 Å². The number of anilines is 2. The average Bonchev–Trinajstić information content (AvgIpc) is 2.88. The molecule has 0 fully saturated rings. The number of Topliss-reactive ketones (excluding diaryl/α,β-unsaturated/α-hetero) is 1. The number of benzene rings is 4. The minimum absolute atomic E-state index is 0.133. The van der Waals surface area contributed by atoms with Crippen LogP contribution < -0.4 is 9.64 Å². The molecule has 0 radical (unpaired) electrons. The highest BCUT2D eigenvalue weighted by Crippen LogP contribution is 2.41. The van der Waals surface area contributed by atoms with Crippen LogP contribution in [0.25, 0.3) is 0 Å². The molecule has 0 saturated heterocycles. The zero-order valence-corrected chi connectivity index (χ0v) is 20.2. The number of ketones is 1. The maximum Gasteiger partial charge on any atom is 0.214 e. The van der Waals surface area contributed by atoms with Gasteiger partial charge in [0, 0.05) is 17.5 Å². The second-order valence-electron chi connectivity index (χ2n) is 8.44. The molecule has 0 aliphatic carbocycles. The number of nitrogens with zero attached hydrogens (tertiary/aromatic N) is 1. The molecule has 0 amide bonds. The first kappa shape index (κ1) is 23.5. The van der Waals surface area contributed by atoms with Gasteiger partial charge in [-0.15, -0.1) is 0 Å². The van der Waals surface area contributed by atoms with Crippen molar-refractivity contribution >= 4 is 27.0 Å². The lowest BCUT2D eigenvalue weighted by atomic mass is 10.1. The largest absolute Gasteiger partial charge is 0.489 e. The molecule has 1 aliphatic heterocycles. The highest BCUT2D eigenvalue weighted by atomic mass is 32.2. The number of carbonyl (C=O) groups is 1. The standard InChI is InChI=1S/C29H22FNO4S/c1-20-7-9-22(10-8-20)29(32)28-18-31(26-17-23(30)11-16-27(26)36(28,33)34)24-12-14-25(15-13-24)35-19-21-5-3-2-4-6-21/h2-18H,19H2,1H3. The third kappa shape index (κ3) is 4.53. The molecule has 5 nitrogen and oxygen atoms in total. The summed E-state index contributed by atoms with van der Waals surface area (Å²) in [5.41, 5.74) is 2.91. The summed E-state index contributed by atoms with van der Waals surface area (Å²) in [6, 6.07) is 26.8. The van der Waals surface area contributed by atoms with Crippen LogP contribution in [0.3, 0.4) is 0 Å². The van der Waals surface area contributed by atoms with Crippen LogP contribution >= 0.6 is 0 Å². The van der Waals surface area contributed by atoms with Crippen molar-refractivity contribution in [3.05, 3.63) is 131 Å². The topological polar surface area (TPSA) is 63.7 Å². The van der Waals surface area contributed by atoms with Gasteiger partial charge in [-0.3, -0.25) is 4.79 Å². The summed E-state index contributed by atoms with van der Waals surface area (Å²) in [7, 11) is -4.17. The second-order valence-corrected chi connectivity index (χ2v) is 10.3. The van der Waals surface area contributed by atoms with E-state index in [4.69, 9.17) is 4.74 Å². The molecule has 5 rings (SSSR count). The van der Waals surface area contributed by atoms with Crippen molar-refractivity contribution in [3.63, 3.8) is 0 Å². The summed E-state index contributed by atoms with van der Waals surface area (Å²) >= 11 is 0. The van der Waals surface area contributed by atoms with E-state index in [-0.39, 0.29) is 21.1 Å². The number of aryl methyl sites for hydroxylation is 1. The summed E-state index contributed by atoms with van der Waals surface area (Å²) in [4.78, 5) is 14.3. The van der Waals surface area contributed by atoms with Crippen molar-refractivity contribution in [2.45, 2.75) is 18.4 Å². The zero-order chi connectivity index (χ0) is 25.3. The minimum Gasteiger partial charge on any atom is -0.489 e. The minimum atomic E-state index is -4.17. The van der Waals surface area contributed by atoms with Gasteiger partial charge in [-0.2, -0.15) is 0 Å². The number of carbonyl (C=O) groups excluding carboxylic acids is 1. The normalized spacial score (nSPS) is 14.1. The summed E-state index contributed by atoms with van der Waals surface area (Å²) in [5, 5.41) is 0. The maximum atomic E-state index is 14.2. The van der Waals surface area contributed by atoms with E-state index in [2.05, 4.69) is 0 Å². The van der Waals surface area contributed by atoms with Crippen LogP contribution in [-0.2, 0) is 16.4 Å². The number of halogens is 1. The number of rotatable bonds is 6. The molecule has 0 spiro atoms. The smallest absolute Gasteiger partial charge is 0.214 e. The van der Waals surface area contributed by atoms with E-state index >= 15 is 0 Å². The van der Waals surface area contributed by atoms with Crippen molar-refractivity contribution in [2.75, 3.05) is 4.90 Å². The quantitative estimate of drug-likeness (QED) is 0.228. The predicted octanol–water partition coefficient (Wildman–Crippen LogP) is 6.36. The Hall–Kier alpha value is -4.23. The van der Waals surface area contributed by atoms with E-state index in [0.29, 0.717) is 18.0 Å². The van der Waals surface area contributed by atoms with Gasteiger partial charge in [-0.05, 0) is 55.0 Å². The summed E-state index contributed by atoms with van der Waals surface area (Å²) in [6.45, 7) is 2.27. The van der Waals surface area contributed by atoms with Crippen molar-refractivity contribution in [3.8, 4) is 5.75 Å². The lowest BCUT2D eigenvalue weighted by Gasteiger charge is -2.29. The fraction of sp³-hybridized carbons (Fsp3) is 0.0690. The van der Waals surface area contributed by atoms with Gasteiger partial charge in [-0.25, -0.2) is 12.8 Å². The molecule has 36 heavy (non-hydrogen) atoms. The highest BCUT2D eigenvalue weighted by Gasteiger charge is 2.36. The third-order valence-corrected chi connectivity index (χ3v) is 7.70. The molecule has 7 heteroatoms. The monoisotopic (exact) mass is 499 g/mol. The molecule has 1 aliphatic rings. The molecule has 0 saturated carbocycles. The van der Waals surface area contributed by atoms with Gasteiger partial charge in [0.05, 0.1) is 10.6 Å². The van der Waals surface area contributed by atoms with Gasteiger partial charge in [0.1, 0.15) is 23.1 Å². The van der Waals surface area contributed by atoms with Crippen molar-refractivity contribution in [2.24, 2.45) is 0 Å². The number of sulfone groups is 1. The fourth-order valence-electron chi connectivity index (χ4n) is 3.97. The second kappa shape index (κ2) is 9.43. The Morgan fingerprint density at radius 1 is 0.889 bits per heavy atom. The van der Waals surface area contributed by atoms with Gasteiger partial charge in [0.25, 0.3) is 0 Å². The van der Waals surface area contributed by atoms with Crippen molar-refractivity contribution in [1.82, 2.24) is 0 Å². The Labute approximate surface area is 209 Å². The van der Waals surface area contributed by atoms with Crippen LogP contribution in [0.1, 0.15) is 21.5 Å². The Morgan fingerprint density at radius 3 is 2.28 bits per heavy atom. The van der Waals surface area contributed by atoms with E-state index in [1.807, 2.05) is 37.3 Å². The third-order valence-electron chi connectivity index (χ3n) is 5.91. The van der Waals surface area contributed by atoms with E-state index < -0.39 is 21.4 Å². The van der Waals surface area contributed by atoms with E-state index in [1.54, 1.807) is 48.5 Å². The molecule has 0 bridgehead atoms. The highest BCUT2D eigenvalue weighted by molar-refractivity contribution is 7.96. The van der Waals surface area contributed by atoms with E-state index in [1.165, 1.54) is 17.2 Å². The molecular formula is C29H22FNO4S. The van der Waals surface area contributed by atoms with Crippen LogP contribution in [0.15, 0.2) is 113 Å². The van der Waals surface area contributed by atoms with Crippen LogP contribution in [0.4, 0.5) is 15.8 Å². The Bertz CT molecular complexity index is 1560. The molecule has 0 unspecified atom stereocenters. The van der Waals surface area contributed by atoms with E-state index in [9.17, 15) is 17.6 Å². The first-order chi connectivity index (χ1) is 17.3. The Kier molecular flexibility index (Phi) is 6.16. The summed E-state index contributed by atoms with van der Waals surface area (Å²) in [6.07, 6.45) is 1.26. The van der Waals surface area contributed by atoms with Crippen molar-refractivity contribution in [1.29, 1.82) is 0 Å². The van der Waals surface area contributed by atoms with Crippen LogP contribution in [0.2, 0.25) is 0 Å². The van der Waals surface area contributed by atoms with Gasteiger partial charge in [0.15, 0.2) is 0 Å². The van der Waals surface area contributed by atoms with Gasteiger partial charge >= 0.3 is 0 Å². The van der Waals surface area contributed by atoms with Gasteiger partial charge < -0.3 is 9.64 Å². The number of allylic oxidation sites excluding steroid dienone is 1. The summed E-state index contributed by atoms with van der Waals surface area (Å²) < 4.78 is 46.8. The first-order valence-corrected chi connectivity index (χ1v) is 12.7. The lowest BCUT2D eigenvalue weighted by Crippen LogP contribution is -2.26. The number of fused-ring (bicyclic) bond motifs is 1. The van der Waals surface area contributed by atoms with Gasteiger partial charge in [0.2, 0.25) is 15.6 Å². The number of hydrogen-bond donors (Lipinski definition) is 0. The Balaban J connectivity index is 1.52. The van der Waals surface area contributed by atoms with E-state index in [0.717, 1.165) is 23.3 Å². The predicted molar refractivity (Wildman–Crippen MR) is 137 cm³/mol. The Morgan fingerprint density at radius 2 is 1.58 bits per heavy atom. The molecule has 1 heterocycles. The molecule has 0 atom stereocenters. The average molecular weight is 500 g/mol. The molecular weight excluding hydrogens is 477 g/mol. The summed E-state index contributed by atoms with van der Waals surface area (Å²) in [5.74, 6) is -0.595. The number of hydrogen-bond acceptors (Lipinski definition) is 5. The molecule has 180 valence electrons.